The number of nitrogens with zero attached hydrogens (tertiary/aromatic N) is 2. The van der Waals surface area contributed by atoms with Crippen molar-refractivity contribution in [2.45, 2.75) is 50.9 Å². The highest BCUT2D eigenvalue weighted by Crippen LogP contribution is 2.31. The molecule has 1 N–H and O–H groups in total. The average Bonchev–Trinajstić information content (AvgIpc) is 3.11. The van der Waals surface area contributed by atoms with E-state index in [2.05, 4.69) is 53.8 Å². The molecular weight excluding hydrogens is 382 g/mol. The second-order valence-corrected chi connectivity index (χ2v) is 10.6. The van der Waals surface area contributed by atoms with Crippen LogP contribution in [0.4, 0.5) is 0 Å². The number of nitriles is 1. The minimum Gasteiger partial charge on any atom is -0.299 e. The Hall–Kier alpha value is -2.20. The normalized spacial score (nSPS) is 20.3. The first-order valence-corrected chi connectivity index (χ1v) is 11.6. The van der Waals surface area contributed by atoms with Gasteiger partial charge in [0.1, 0.15) is 0 Å². The van der Waals surface area contributed by atoms with Crippen LogP contribution in [-0.2, 0) is 10.0 Å². The minimum atomic E-state index is -3.33. The first-order chi connectivity index (χ1) is 13.7. The average molecular weight is 412 g/mol. The lowest BCUT2D eigenvalue weighted by Gasteiger charge is -2.22. The van der Waals surface area contributed by atoms with Crippen LogP contribution < -0.4 is 4.72 Å². The number of likely N-dealkylation sites (tertiary alicyclic amines) is 1. The molecule has 0 aliphatic carbocycles. The second-order valence-electron chi connectivity index (χ2n) is 8.28. The molecule has 0 bridgehead atoms. The SMILES string of the molecule is CC(C)N1CC(NS(=O)(=O)C(C)C)C(c2ccc(-c3ccc(C#N)cc3)cc2)C1. The number of hydrogen-bond acceptors (Lipinski definition) is 4. The van der Waals surface area contributed by atoms with Gasteiger partial charge in [-0.05, 0) is 56.5 Å². The lowest BCUT2D eigenvalue weighted by atomic mass is 9.93. The van der Waals surface area contributed by atoms with Crippen LogP contribution in [0, 0.1) is 11.3 Å². The van der Waals surface area contributed by atoms with Gasteiger partial charge in [-0.15, -0.1) is 0 Å². The molecule has 0 aromatic heterocycles. The quantitative estimate of drug-likeness (QED) is 0.786. The van der Waals surface area contributed by atoms with Crippen LogP contribution in [0.15, 0.2) is 48.5 Å². The van der Waals surface area contributed by atoms with Crippen molar-refractivity contribution in [2.75, 3.05) is 13.1 Å². The van der Waals surface area contributed by atoms with Crippen LogP contribution in [-0.4, -0.2) is 43.7 Å². The van der Waals surface area contributed by atoms with E-state index in [0.717, 1.165) is 23.2 Å². The first-order valence-electron chi connectivity index (χ1n) is 10.1. The monoisotopic (exact) mass is 411 g/mol. The van der Waals surface area contributed by atoms with Crippen molar-refractivity contribution >= 4 is 10.0 Å². The number of nitrogens with one attached hydrogen (secondary N) is 1. The fraction of sp³-hybridized carbons (Fsp3) is 0.435. The molecule has 0 radical (unpaired) electrons. The highest BCUT2D eigenvalue weighted by atomic mass is 32.2. The molecule has 2 aromatic carbocycles. The summed E-state index contributed by atoms with van der Waals surface area (Å²) >= 11 is 0. The maximum absolute atomic E-state index is 12.5. The fourth-order valence-corrected chi connectivity index (χ4v) is 4.65. The van der Waals surface area contributed by atoms with Gasteiger partial charge in [0.05, 0.1) is 16.9 Å². The van der Waals surface area contributed by atoms with E-state index in [9.17, 15) is 8.42 Å². The summed E-state index contributed by atoms with van der Waals surface area (Å²) in [7, 11) is -3.33. The van der Waals surface area contributed by atoms with Gasteiger partial charge < -0.3 is 0 Å². The fourth-order valence-electron chi connectivity index (χ4n) is 3.72. The summed E-state index contributed by atoms with van der Waals surface area (Å²) in [6, 6.07) is 18.2. The Morgan fingerprint density at radius 3 is 2.00 bits per heavy atom. The third-order valence-corrected chi connectivity index (χ3v) is 7.57. The lowest BCUT2D eigenvalue weighted by Crippen LogP contribution is -2.43. The van der Waals surface area contributed by atoms with Gasteiger partial charge in [0.15, 0.2) is 0 Å². The number of benzene rings is 2. The van der Waals surface area contributed by atoms with Gasteiger partial charge in [-0.3, -0.25) is 4.90 Å². The molecule has 6 heteroatoms. The molecule has 5 nitrogen and oxygen atoms in total. The summed E-state index contributed by atoms with van der Waals surface area (Å²) in [5.41, 5.74) is 3.92. The van der Waals surface area contributed by atoms with Crippen molar-refractivity contribution in [3.05, 3.63) is 59.7 Å². The summed E-state index contributed by atoms with van der Waals surface area (Å²) < 4.78 is 27.9. The molecule has 1 aliphatic rings. The number of sulfonamides is 1. The maximum atomic E-state index is 12.5. The molecule has 1 heterocycles. The van der Waals surface area contributed by atoms with Gasteiger partial charge >= 0.3 is 0 Å². The van der Waals surface area contributed by atoms with Crippen LogP contribution in [0.3, 0.4) is 0 Å². The first kappa shape index (κ1) is 21.5. The molecule has 2 unspecified atom stereocenters. The Bertz CT molecular complexity index is 974. The molecule has 2 aromatic rings. The predicted octanol–water partition coefficient (Wildman–Crippen LogP) is 3.73. The van der Waals surface area contributed by atoms with Gasteiger partial charge in [0.2, 0.25) is 10.0 Å². The topological polar surface area (TPSA) is 73.2 Å². The zero-order valence-corrected chi connectivity index (χ0v) is 18.3. The van der Waals surface area contributed by atoms with Crippen LogP contribution in [0.25, 0.3) is 11.1 Å². The second kappa shape index (κ2) is 8.66. The maximum Gasteiger partial charge on any atom is 0.214 e. The Balaban J connectivity index is 1.84. The molecule has 1 fully saturated rings. The molecule has 0 saturated carbocycles. The van der Waals surface area contributed by atoms with E-state index in [1.807, 2.05) is 24.3 Å². The van der Waals surface area contributed by atoms with Gasteiger partial charge in [0.25, 0.3) is 0 Å². The van der Waals surface area contributed by atoms with Crippen molar-refractivity contribution < 1.29 is 8.42 Å². The Kier molecular flexibility index (Phi) is 6.42. The van der Waals surface area contributed by atoms with Crippen molar-refractivity contribution in [3.63, 3.8) is 0 Å². The highest BCUT2D eigenvalue weighted by molar-refractivity contribution is 7.90. The summed E-state index contributed by atoms with van der Waals surface area (Å²) in [5.74, 6) is 0.112. The van der Waals surface area contributed by atoms with Crippen LogP contribution in [0.5, 0.6) is 0 Å². The predicted molar refractivity (Wildman–Crippen MR) is 117 cm³/mol. The molecule has 3 rings (SSSR count). The largest absolute Gasteiger partial charge is 0.299 e. The third-order valence-electron chi connectivity index (χ3n) is 5.70. The lowest BCUT2D eigenvalue weighted by molar-refractivity contribution is 0.269. The Labute approximate surface area is 174 Å². The highest BCUT2D eigenvalue weighted by Gasteiger charge is 2.37. The van der Waals surface area contributed by atoms with Gasteiger partial charge in [-0.1, -0.05) is 36.4 Å². The van der Waals surface area contributed by atoms with Crippen LogP contribution in [0.2, 0.25) is 0 Å². The van der Waals surface area contributed by atoms with Crippen LogP contribution >= 0.6 is 0 Å². The molecule has 1 aliphatic heterocycles. The van der Waals surface area contributed by atoms with Crippen molar-refractivity contribution in [2.24, 2.45) is 0 Å². The number of hydrogen-bond donors (Lipinski definition) is 1. The summed E-state index contributed by atoms with van der Waals surface area (Å²) in [6.45, 7) is 9.25. The molecular formula is C23H29N3O2S. The zero-order valence-electron chi connectivity index (χ0n) is 17.5. The summed E-state index contributed by atoms with van der Waals surface area (Å²) in [5, 5.41) is 8.50. The molecule has 154 valence electrons. The van der Waals surface area contributed by atoms with E-state index < -0.39 is 15.3 Å². The Morgan fingerprint density at radius 2 is 1.52 bits per heavy atom. The minimum absolute atomic E-state index is 0.112. The van der Waals surface area contributed by atoms with Crippen molar-refractivity contribution in [1.82, 2.24) is 9.62 Å². The molecule has 2 atom stereocenters. The standard InChI is InChI=1S/C23H29N3O2S/c1-16(2)26-14-22(23(15-26)25-29(27,28)17(3)4)21-11-9-20(10-12-21)19-7-5-18(13-24)6-8-19/h5-12,16-17,22-23,25H,14-15H2,1-4H3. The Morgan fingerprint density at radius 1 is 0.966 bits per heavy atom. The number of rotatable bonds is 6. The van der Waals surface area contributed by atoms with Crippen molar-refractivity contribution in [1.29, 1.82) is 5.26 Å². The van der Waals surface area contributed by atoms with E-state index in [-0.39, 0.29) is 12.0 Å². The zero-order chi connectivity index (χ0) is 21.2. The summed E-state index contributed by atoms with van der Waals surface area (Å²) in [6.07, 6.45) is 0. The van der Waals surface area contributed by atoms with E-state index in [0.29, 0.717) is 18.2 Å². The van der Waals surface area contributed by atoms with E-state index in [4.69, 9.17) is 5.26 Å². The molecule has 1 saturated heterocycles. The molecule has 0 amide bonds. The van der Waals surface area contributed by atoms with Gasteiger partial charge in [0, 0.05) is 31.1 Å². The van der Waals surface area contributed by atoms with Gasteiger partial charge in [-0.2, -0.15) is 5.26 Å². The van der Waals surface area contributed by atoms with E-state index in [1.54, 1.807) is 13.8 Å². The van der Waals surface area contributed by atoms with Crippen molar-refractivity contribution in [3.8, 4) is 17.2 Å². The molecule has 0 spiro atoms. The van der Waals surface area contributed by atoms with Gasteiger partial charge in [-0.25, -0.2) is 13.1 Å². The summed E-state index contributed by atoms with van der Waals surface area (Å²) in [4.78, 5) is 2.33. The van der Waals surface area contributed by atoms with Crippen LogP contribution in [0.1, 0.15) is 44.7 Å². The molecule has 29 heavy (non-hydrogen) atoms. The third kappa shape index (κ3) is 4.87. The smallest absolute Gasteiger partial charge is 0.214 e. The van der Waals surface area contributed by atoms with E-state index >= 15 is 0 Å². The van der Waals surface area contributed by atoms with E-state index in [1.165, 1.54) is 0 Å².